The second-order valence-electron chi connectivity index (χ2n) is 5.91. The van der Waals surface area contributed by atoms with Crippen LogP contribution in [0.3, 0.4) is 0 Å². The van der Waals surface area contributed by atoms with Crippen LogP contribution in [0.15, 0.2) is 76.5 Å². The van der Waals surface area contributed by atoms with Crippen molar-refractivity contribution in [2.75, 3.05) is 0 Å². The lowest BCUT2D eigenvalue weighted by atomic mass is 10.1. The molecule has 0 amide bonds. The first-order valence-electron chi connectivity index (χ1n) is 7.84. The fourth-order valence-corrected chi connectivity index (χ4v) is 4.85. The van der Waals surface area contributed by atoms with Crippen molar-refractivity contribution in [2.24, 2.45) is 0 Å². The highest BCUT2D eigenvalue weighted by Crippen LogP contribution is 2.35. The van der Waals surface area contributed by atoms with Crippen LogP contribution in [-0.2, 0) is 9.84 Å². The number of aromatic nitrogens is 1. The van der Waals surface area contributed by atoms with Crippen molar-refractivity contribution in [3.05, 3.63) is 72.3 Å². The van der Waals surface area contributed by atoms with Gasteiger partial charge < -0.3 is 4.98 Å². The molecule has 0 atom stereocenters. The minimum absolute atomic E-state index is 0.0416. The van der Waals surface area contributed by atoms with Crippen LogP contribution < -0.4 is 0 Å². The van der Waals surface area contributed by atoms with Gasteiger partial charge in [0.25, 0.3) is 0 Å². The third-order valence-corrected chi connectivity index (χ3v) is 6.19. The summed E-state index contributed by atoms with van der Waals surface area (Å²) >= 11 is 0. The van der Waals surface area contributed by atoms with Gasteiger partial charge in [-0.1, -0.05) is 42.5 Å². The van der Waals surface area contributed by atoms with E-state index in [-0.39, 0.29) is 21.1 Å². The molecule has 0 aliphatic carbocycles. The maximum Gasteiger partial charge on any atom is 0.209 e. The fourth-order valence-electron chi connectivity index (χ4n) is 3.17. The number of nitrogens with one attached hydrogen (secondary N) is 1. The Balaban J connectivity index is 2.17. The molecular weight excluding hydrogens is 334 g/mol. The van der Waals surface area contributed by atoms with Gasteiger partial charge in [0, 0.05) is 21.9 Å². The zero-order chi connectivity index (χ0) is 17.6. The number of carbonyl (C=O) groups is 1. The number of hydrogen-bond acceptors (Lipinski definition) is 3. The summed E-state index contributed by atoms with van der Waals surface area (Å²) in [5.74, 6) is -0.282. The molecule has 1 N–H and O–H groups in total. The average Bonchev–Trinajstić information content (AvgIpc) is 3.00. The Labute approximate surface area is 145 Å². The SMILES string of the molecule is CC(=O)c1ccc2c([nH]c3ccccc32)c1S(=O)(=O)c1ccccc1. The van der Waals surface area contributed by atoms with Crippen molar-refractivity contribution in [2.45, 2.75) is 16.7 Å². The normalized spacial score (nSPS) is 11.9. The molecule has 0 aliphatic rings. The van der Waals surface area contributed by atoms with Gasteiger partial charge in [0.05, 0.1) is 10.4 Å². The van der Waals surface area contributed by atoms with Gasteiger partial charge in [-0.2, -0.15) is 0 Å². The molecule has 1 heterocycles. The minimum Gasteiger partial charge on any atom is -0.353 e. The number of fused-ring (bicyclic) bond motifs is 3. The van der Waals surface area contributed by atoms with E-state index < -0.39 is 9.84 Å². The third-order valence-electron chi connectivity index (χ3n) is 4.34. The van der Waals surface area contributed by atoms with Gasteiger partial charge in [-0.15, -0.1) is 0 Å². The van der Waals surface area contributed by atoms with Crippen molar-refractivity contribution >= 4 is 37.4 Å². The third kappa shape index (κ3) is 2.36. The Morgan fingerprint density at radius 2 is 1.52 bits per heavy atom. The quantitative estimate of drug-likeness (QED) is 0.559. The number of H-pyrrole nitrogens is 1. The van der Waals surface area contributed by atoms with E-state index in [0.717, 1.165) is 16.3 Å². The number of Topliss-reactive ketones (excluding diaryl/α,β-unsaturated/α-hetero) is 1. The van der Waals surface area contributed by atoms with E-state index in [2.05, 4.69) is 4.98 Å². The summed E-state index contributed by atoms with van der Waals surface area (Å²) in [7, 11) is -3.84. The number of rotatable bonds is 3. The number of para-hydroxylation sites is 1. The molecule has 0 saturated carbocycles. The molecule has 5 heteroatoms. The van der Waals surface area contributed by atoms with Crippen molar-refractivity contribution in [1.82, 2.24) is 4.98 Å². The van der Waals surface area contributed by atoms with Crippen LogP contribution in [0, 0.1) is 0 Å². The van der Waals surface area contributed by atoms with Gasteiger partial charge in [0.2, 0.25) is 9.84 Å². The van der Waals surface area contributed by atoms with Crippen molar-refractivity contribution in [1.29, 1.82) is 0 Å². The first-order chi connectivity index (χ1) is 12.0. The molecule has 0 aliphatic heterocycles. The van der Waals surface area contributed by atoms with Crippen molar-refractivity contribution in [3.8, 4) is 0 Å². The van der Waals surface area contributed by atoms with E-state index in [0.29, 0.717) is 5.52 Å². The Morgan fingerprint density at radius 3 is 2.24 bits per heavy atom. The molecule has 0 bridgehead atoms. The van der Waals surface area contributed by atoms with Crippen LogP contribution in [-0.4, -0.2) is 19.2 Å². The van der Waals surface area contributed by atoms with Crippen LogP contribution in [0.1, 0.15) is 17.3 Å². The first kappa shape index (κ1) is 15.6. The monoisotopic (exact) mass is 349 g/mol. The van der Waals surface area contributed by atoms with Crippen molar-refractivity contribution in [3.63, 3.8) is 0 Å². The number of ketones is 1. The van der Waals surface area contributed by atoms with Gasteiger partial charge in [0.15, 0.2) is 5.78 Å². The van der Waals surface area contributed by atoms with E-state index >= 15 is 0 Å². The summed E-state index contributed by atoms with van der Waals surface area (Å²) in [6, 6.07) is 19.2. The maximum atomic E-state index is 13.3. The molecule has 25 heavy (non-hydrogen) atoms. The Hall–Kier alpha value is -2.92. The van der Waals surface area contributed by atoms with E-state index in [4.69, 9.17) is 0 Å². The summed E-state index contributed by atoms with van der Waals surface area (Å²) in [6.45, 7) is 1.38. The molecule has 0 radical (unpaired) electrons. The molecule has 0 unspecified atom stereocenters. The Bertz CT molecular complexity index is 1220. The standard InChI is InChI=1S/C20H15NO3S/c1-13(22)15-11-12-17-16-9-5-6-10-18(16)21-19(17)20(15)25(23,24)14-7-3-2-4-8-14/h2-12,21H,1H3. The topological polar surface area (TPSA) is 67.0 Å². The molecule has 3 aromatic carbocycles. The second-order valence-corrected chi connectivity index (χ2v) is 7.79. The first-order valence-corrected chi connectivity index (χ1v) is 9.33. The van der Waals surface area contributed by atoms with Crippen LogP contribution in [0.4, 0.5) is 0 Å². The molecule has 0 saturated heterocycles. The van der Waals surface area contributed by atoms with E-state index in [9.17, 15) is 13.2 Å². The highest BCUT2D eigenvalue weighted by molar-refractivity contribution is 7.91. The minimum atomic E-state index is -3.84. The molecule has 1 aromatic heterocycles. The fraction of sp³-hybridized carbons (Fsp3) is 0.0500. The summed E-state index contributed by atoms with van der Waals surface area (Å²) in [6.07, 6.45) is 0. The molecule has 4 rings (SSSR count). The molecule has 124 valence electrons. The van der Waals surface area contributed by atoms with Crippen LogP contribution in [0.5, 0.6) is 0 Å². The Kier molecular flexibility index (Phi) is 3.47. The molecule has 0 spiro atoms. The molecule has 0 fully saturated rings. The summed E-state index contributed by atoms with van der Waals surface area (Å²) < 4.78 is 26.6. The summed E-state index contributed by atoms with van der Waals surface area (Å²) in [5.41, 5.74) is 1.50. The average molecular weight is 349 g/mol. The van der Waals surface area contributed by atoms with Gasteiger partial charge in [-0.25, -0.2) is 8.42 Å². The van der Waals surface area contributed by atoms with Crippen LogP contribution in [0.2, 0.25) is 0 Å². The van der Waals surface area contributed by atoms with Crippen LogP contribution in [0.25, 0.3) is 21.8 Å². The summed E-state index contributed by atoms with van der Waals surface area (Å²) in [5, 5.41) is 1.72. The lowest BCUT2D eigenvalue weighted by Gasteiger charge is -2.10. The number of sulfone groups is 1. The lowest BCUT2D eigenvalue weighted by molar-refractivity contribution is 0.101. The number of hydrogen-bond donors (Lipinski definition) is 1. The highest BCUT2D eigenvalue weighted by Gasteiger charge is 2.27. The zero-order valence-electron chi connectivity index (χ0n) is 13.5. The van der Waals surface area contributed by atoms with Gasteiger partial charge in [-0.05, 0) is 31.2 Å². The van der Waals surface area contributed by atoms with Gasteiger partial charge >= 0.3 is 0 Å². The van der Waals surface area contributed by atoms with Crippen molar-refractivity contribution < 1.29 is 13.2 Å². The Morgan fingerprint density at radius 1 is 0.840 bits per heavy atom. The van der Waals surface area contributed by atoms with E-state index in [1.807, 2.05) is 24.3 Å². The predicted octanol–water partition coefficient (Wildman–Crippen LogP) is 4.36. The van der Waals surface area contributed by atoms with Gasteiger partial charge in [-0.3, -0.25) is 4.79 Å². The largest absolute Gasteiger partial charge is 0.353 e. The van der Waals surface area contributed by atoms with E-state index in [1.165, 1.54) is 6.92 Å². The molecule has 4 nitrogen and oxygen atoms in total. The zero-order valence-corrected chi connectivity index (χ0v) is 14.3. The molecular formula is C20H15NO3S. The maximum absolute atomic E-state index is 13.3. The smallest absolute Gasteiger partial charge is 0.209 e. The van der Waals surface area contributed by atoms with Crippen LogP contribution >= 0.6 is 0 Å². The lowest BCUT2D eigenvalue weighted by Crippen LogP contribution is -2.09. The summed E-state index contributed by atoms with van der Waals surface area (Å²) in [4.78, 5) is 15.5. The molecule has 4 aromatic rings. The highest BCUT2D eigenvalue weighted by atomic mass is 32.2. The number of benzene rings is 3. The number of aromatic amines is 1. The number of carbonyl (C=O) groups excluding carboxylic acids is 1. The second kappa shape index (κ2) is 5.57. The predicted molar refractivity (Wildman–Crippen MR) is 97.7 cm³/mol. The van der Waals surface area contributed by atoms with E-state index in [1.54, 1.807) is 42.5 Å². The van der Waals surface area contributed by atoms with Gasteiger partial charge in [0.1, 0.15) is 4.90 Å².